The Hall–Kier alpha value is -3.42. The summed E-state index contributed by atoms with van der Waals surface area (Å²) in [5.74, 6) is -0.0456. The minimum absolute atomic E-state index is 0.0456. The van der Waals surface area contributed by atoms with Crippen LogP contribution in [0, 0.1) is 0 Å². The molecular weight excluding hydrogens is 432 g/mol. The SMILES string of the molecule is O=C1/C(=C/c2ccc(N3CCOCC3)cc2)SC(=Nc2ccccc2)N1Cc1cccnc1. The Bertz CT molecular complexity index is 1160. The van der Waals surface area contributed by atoms with Gasteiger partial charge in [-0.2, -0.15) is 0 Å². The Balaban J connectivity index is 1.41. The molecule has 2 aliphatic heterocycles. The molecule has 3 aromatic rings. The van der Waals surface area contributed by atoms with Gasteiger partial charge < -0.3 is 9.64 Å². The van der Waals surface area contributed by atoms with E-state index >= 15 is 0 Å². The first-order valence-corrected chi connectivity index (χ1v) is 11.7. The summed E-state index contributed by atoms with van der Waals surface area (Å²) in [4.78, 5) is 27.0. The van der Waals surface area contributed by atoms with Crippen molar-refractivity contribution in [2.45, 2.75) is 6.54 Å². The van der Waals surface area contributed by atoms with Crippen LogP contribution in [0.2, 0.25) is 0 Å². The van der Waals surface area contributed by atoms with E-state index in [0.717, 1.165) is 43.1 Å². The van der Waals surface area contributed by atoms with Crippen LogP contribution in [-0.4, -0.2) is 47.3 Å². The van der Waals surface area contributed by atoms with Crippen LogP contribution in [0.25, 0.3) is 6.08 Å². The van der Waals surface area contributed by atoms with Crippen molar-refractivity contribution in [3.8, 4) is 0 Å². The van der Waals surface area contributed by atoms with E-state index in [4.69, 9.17) is 9.73 Å². The summed E-state index contributed by atoms with van der Waals surface area (Å²) in [7, 11) is 0. The number of aliphatic imine (C=N–C) groups is 1. The molecule has 1 aromatic heterocycles. The molecule has 0 aliphatic carbocycles. The topological polar surface area (TPSA) is 58.0 Å². The zero-order chi connectivity index (χ0) is 22.5. The fourth-order valence-electron chi connectivity index (χ4n) is 3.77. The number of amidine groups is 1. The molecule has 0 radical (unpaired) electrons. The van der Waals surface area contributed by atoms with E-state index in [0.29, 0.717) is 16.6 Å². The third-order valence-corrected chi connectivity index (χ3v) is 6.51. The second kappa shape index (κ2) is 10.0. The standard InChI is InChI=1S/C26H24N4O2S/c31-25-24(17-20-8-10-23(11-9-20)29-13-15-32-16-14-29)33-26(28-22-6-2-1-3-7-22)30(25)19-21-5-4-12-27-18-21/h1-12,17-18H,13-16,19H2/b24-17-,28-26?. The number of morpholine rings is 1. The highest BCUT2D eigenvalue weighted by Crippen LogP contribution is 2.35. The molecule has 6 nitrogen and oxygen atoms in total. The number of pyridine rings is 1. The number of anilines is 1. The lowest BCUT2D eigenvalue weighted by Gasteiger charge is -2.28. The fraction of sp³-hybridized carbons (Fsp3) is 0.192. The van der Waals surface area contributed by atoms with Crippen molar-refractivity contribution in [1.29, 1.82) is 0 Å². The van der Waals surface area contributed by atoms with Crippen LogP contribution in [0.5, 0.6) is 0 Å². The van der Waals surface area contributed by atoms with Crippen LogP contribution >= 0.6 is 11.8 Å². The Kier molecular flexibility index (Phi) is 6.51. The Labute approximate surface area is 197 Å². The van der Waals surface area contributed by atoms with Crippen LogP contribution in [0.15, 0.2) is 89.0 Å². The van der Waals surface area contributed by atoms with Crippen LogP contribution in [0.3, 0.4) is 0 Å². The molecule has 0 N–H and O–H groups in total. The number of para-hydroxylation sites is 1. The molecule has 2 aromatic carbocycles. The number of carbonyl (C=O) groups excluding carboxylic acids is 1. The zero-order valence-electron chi connectivity index (χ0n) is 18.1. The van der Waals surface area contributed by atoms with Gasteiger partial charge in [0, 0.05) is 31.2 Å². The first-order chi connectivity index (χ1) is 16.3. The van der Waals surface area contributed by atoms with Crippen molar-refractivity contribution in [1.82, 2.24) is 9.88 Å². The summed E-state index contributed by atoms with van der Waals surface area (Å²) in [6.07, 6.45) is 5.46. The smallest absolute Gasteiger partial charge is 0.267 e. The molecule has 33 heavy (non-hydrogen) atoms. The molecular formula is C26H24N4O2S. The summed E-state index contributed by atoms with van der Waals surface area (Å²) < 4.78 is 5.44. The number of ether oxygens (including phenoxy) is 1. The van der Waals surface area contributed by atoms with Gasteiger partial charge in [-0.05, 0) is 59.3 Å². The van der Waals surface area contributed by atoms with Crippen LogP contribution < -0.4 is 4.90 Å². The number of hydrogen-bond acceptors (Lipinski definition) is 6. The molecule has 2 aliphatic rings. The van der Waals surface area contributed by atoms with Gasteiger partial charge in [-0.3, -0.25) is 14.7 Å². The number of carbonyl (C=O) groups is 1. The third kappa shape index (κ3) is 5.16. The first-order valence-electron chi connectivity index (χ1n) is 10.9. The molecule has 2 saturated heterocycles. The van der Waals surface area contributed by atoms with Crippen LogP contribution in [0.1, 0.15) is 11.1 Å². The Morgan fingerprint density at radius 1 is 1.00 bits per heavy atom. The van der Waals surface area contributed by atoms with Gasteiger partial charge in [-0.15, -0.1) is 0 Å². The maximum Gasteiger partial charge on any atom is 0.267 e. The lowest BCUT2D eigenvalue weighted by molar-refractivity contribution is -0.122. The molecule has 0 bridgehead atoms. The van der Waals surface area contributed by atoms with E-state index in [9.17, 15) is 4.79 Å². The summed E-state index contributed by atoms with van der Waals surface area (Å²) in [5.41, 5.74) is 3.95. The van der Waals surface area contributed by atoms with Crippen LogP contribution in [-0.2, 0) is 16.1 Å². The van der Waals surface area contributed by atoms with E-state index in [1.54, 1.807) is 17.3 Å². The highest BCUT2D eigenvalue weighted by molar-refractivity contribution is 8.18. The quantitative estimate of drug-likeness (QED) is 0.520. The first kappa shape index (κ1) is 21.4. The highest BCUT2D eigenvalue weighted by Gasteiger charge is 2.33. The molecule has 0 spiro atoms. The van der Waals surface area contributed by atoms with Crippen molar-refractivity contribution in [3.63, 3.8) is 0 Å². The normalized spacial score (nSPS) is 19.0. The van der Waals surface area contributed by atoms with E-state index in [2.05, 4.69) is 34.1 Å². The summed E-state index contributed by atoms with van der Waals surface area (Å²) in [6, 6.07) is 21.9. The average Bonchev–Trinajstić information content (AvgIpc) is 3.15. The summed E-state index contributed by atoms with van der Waals surface area (Å²) in [5, 5.41) is 0.672. The van der Waals surface area contributed by atoms with Gasteiger partial charge in [0.15, 0.2) is 5.17 Å². The molecule has 0 unspecified atom stereocenters. The van der Waals surface area contributed by atoms with Crippen molar-refractivity contribution in [3.05, 3.63) is 95.2 Å². The van der Waals surface area contributed by atoms with Crippen molar-refractivity contribution < 1.29 is 9.53 Å². The monoisotopic (exact) mass is 456 g/mol. The largest absolute Gasteiger partial charge is 0.378 e. The maximum atomic E-state index is 13.3. The van der Waals surface area contributed by atoms with E-state index in [1.807, 2.05) is 48.5 Å². The summed E-state index contributed by atoms with van der Waals surface area (Å²) in [6.45, 7) is 3.74. The van der Waals surface area contributed by atoms with Gasteiger partial charge in [0.2, 0.25) is 0 Å². The van der Waals surface area contributed by atoms with Gasteiger partial charge in [-0.25, -0.2) is 4.99 Å². The number of amides is 1. The predicted octanol–water partition coefficient (Wildman–Crippen LogP) is 4.72. The zero-order valence-corrected chi connectivity index (χ0v) is 18.9. The van der Waals surface area contributed by atoms with Crippen LogP contribution in [0.4, 0.5) is 11.4 Å². The molecule has 166 valence electrons. The lowest BCUT2D eigenvalue weighted by Crippen LogP contribution is -2.36. The van der Waals surface area contributed by atoms with Gasteiger partial charge in [0.05, 0.1) is 30.4 Å². The third-order valence-electron chi connectivity index (χ3n) is 5.50. The molecule has 0 atom stereocenters. The molecule has 7 heteroatoms. The molecule has 2 fully saturated rings. The summed E-state index contributed by atoms with van der Waals surface area (Å²) >= 11 is 1.41. The fourth-order valence-corrected chi connectivity index (χ4v) is 4.77. The van der Waals surface area contributed by atoms with E-state index < -0.39 is 0 Å². The van der Waals surface area contributed by atoms with Gasteiger partial charge >= 0.3 is 0 Å². The lowest BCUT2D eigenvalue weighted by atomic mass is 10.1. The molecule has 3 heterocycles. The molecule has 0 saturated carbocycles. The minimum atomic E-state index is -0.0456. The Morgan fingerprint density at radius 2 is 1.79 bits per heavy atom. The highest BCUT2D eigenvalue weighted by atomic mass is 32.2. The minimum Gasteiger partial charge on any atom is -0.378 e. The predicted molar refractivity (Wildman–Crippen MR) is 133 cm³/mol. The number of aromatic nitrogens is 1. The maximum absolute atomic E-state index is 13.3. The average molecular weight is 457 g/mol. The number of nitrogens with zero attached hydrogens (tertiary/aromatic N) is 4. The second-order valence-corrected chi connectivity index (χ2v) is 8.79. The Morgan fingerprint density at radius 3 is 2.52 bits per heavy atom. The number of thioether (sulfide) groups is 1. The van der Waals surface area contributed by atoms with Crippen molar-refractivity contribution in [2.24, 2.45) is 4.99 Å². The number of hydrogen-bond donors (Lipinski definition) is 0. The van der Waals surface area contributed by atoms with Gasteiger partial charge in [0.1, 0.15) is 0 Å². The van der Waals surface area contributed by atoms with Gasteiger partial charge in [-0.1, -0.05) is 36.4 Å². The number of rotatable bonds is 5. The van der Waals surface area contributed by atoms with E-state index in [1.165, 1.54) is 17.4 Å². The van der Waals surface area contributed by atoms with Crippen molar-refractivity contribution in [2.75, 3.05) is 31.2 Å². The molecule has 1 amide bonds. The van der Waals surface area contributed by atoms with E-state index in [-0.39, 0.29) is 5.91 Å². The second-order valence-electron chi connectivity index (χ2n) is 7.78. The number of benzene rings is 2. The van der Waals surface area contributed by atoms with Crippen molar-refractivity contribution >= 4 is 40.3 Å². The van der Waals surface area contributed by atoms with Gasteiger partial charge in [0.25, 0.3) is 5.91 Å². The molecule has 5 rings (SSSR count).